The molecule has 4 bridgehead atoms. The quantitative estimate of drug-likeness (QED) is 0.597. The predicted octanol–water partition coefficient (Wildman–Crippen LogP) is 6.02. The van der Waals surface area contributed by atoms with Crippen molar-refractivity contribution in [1.82, 2.24) is 9.97 Å². The Balaban J connectivity index is 1.36. The van der Waals surface area contributed by atoms with Crippen molar-refractivity contribution in [2.24, 2.45) is 23.2 Å². The first-order chi connectivity index (χ1) is 14.4. The molecule has 0 aliphatic heterocycles. The summed E-state index contributed by atoms with van der Waals surface area (Å²) in [6.45, 7) is 6.50. The Morgan fingerprint density at radius 3 is 2.43 bits per heavy atom. The fourth-order valence-electron chi connectivity index (χ4n) is 7.10. The summed E-state index contributed by atoms with van der Waals surface area (Å²) in [4.78, 5) is 19.7. The van der Waals surface area contributed by atoms with Crippen LogP contribution in [0, 0.1) is 37.0 Å². The smallest absolute Gasteiger partial charge is 0.356 e. The zero-order valence-electron chi connectivity index (χ0n) is 18.6. The van der Waals surface area contributed by atoms with E-state index in [-0.39, 0.29) is 5.97 Å². The summed E-state index contributed by atoms with van der Waals surface area (Å²) in [6, 6.07) is 4.64. The van der Waals surface area contributed by atoms with Crippen LogP contribution in [0.4, 0.5) is 0 Å². The van der Waals surface area contributed by atoms with E-state index in [0.717, 1.165) is 35.6 Å². The maximum Gasteiger partial charge on any atom is 0.356 e. The number of benzene rings is 1. The van der Waals surface area contributed by atoms with E-state index in [9.17, 15) is 4.79 Å². The van der Waals surface area contributed by atoms with Crippen molar-refractivity contribution in [1.29, 1.82) is 0 Å². The van der Waals surface area contributed by atoms with Crippen LogP contribution < -0.4 is 0 Å². The molecule has 30 heavy (non-hydrogen) atoms. The second-order valence-corrected chi connectivity index (χ2v) is 10.4. The summed E-state index contributed by atoms with van der Waals surface area (Å²) < 4.78 is 5.10. The van der Waals surface area contributed by atoms with E-state index in [1.54, 1.807) is 6.20 Å². The maximum absolute atomic E-state index is 12.0. The van der Waals surface area contributed by atoms with Gasteiger partial charge in [0.25, 0.3) is 0 Å². The van der Waals surface area contributed by atoms with Crippen molar-refractivity contribution in [3.8, 4) is 11.4 Å². The molecule has 4 heteroatoms. The maximum atomic E-state index is 12.0. The molecular weight excluding hydrogens is 372 g/mol. The van der Waals surface area contributed by atoms with Gasteiger partial charge in [-0.25, -0.2) is 9.78 Å². The number of ether oxygens (including phenoxy) is 1. The molecule has 160 valence electrons. The second-order valence-electron chi connectivity index (χ2n) is 10.4. The van der Waals surface area contributed by atoms with Gasteiger partial charge in [-0.05, 0) is 118 Å². The van der Waals surface area contributed by atoms with E-state index in [4.69, 9.17) is 4.74 Å². The summed E-state index contributed by atoms with van der Waals surface area (Å²) in [7, 11) is 0. The summed E-state index contributed by atoms with van der Waals surface area (Å²) in [5.41, 5.74) is 6.04. The Morgan fingerprint density at radius 2 is 1.80 bits per heavy atom. The van der Waals surface area contributed by atoms with Gasteiger partial charge in [0, 0.05) is 5.56 Å². The van der Waals surface area contributed by atoms with Gasteiger partial charge in [0.05, 0.1) is 12.8 Å². The van der Waals surface area contributed by atoms with Crippen molar-refractivity contribution in [2.45, 2.75) is 72.1 Å². The molecule has 4 aliphatic rings. The van der Waals surface area contributed by atoms with Gasteiger partial charge >= 0.3 is 5.97 Å². The average Bonchev–Trinajstić information content (AvgIpc) is 3.18. The van der Waals surface area contributed by atoms with Gasteiger partial charge in [-0.2, -0.15) is 0 Å². The van der Waals surface area contributed by atoms with Crippen LogP contribution in [-0.4, -0.2) is 22.5 Å². The highest BCUT2D eigenvalue weighted by molar-refractivity contribution is 5.87. The number of esters is 1. The Bertz CT molecular complexity index is 923. The number of aryl methyl sites for hydroxylation is 2. The molecule has 0 radical (unpaired) electrons. The summed E-state index contributed by atoms with van der Waals surface area (Å²) in [5, 5.41) is 0. The van der Waals surface area contributed by atoms with Crippen molar-refractivity contribution >= 4 is 5.97 Å². The summed E-state index contributed by atoms with van der Waals surface area (Å²) >= 11 is 0. The standard InChI is InChI=1S/C26H34N2O2/c1-4-30-25(29)23-15-27-24(28-23)22-11-18(7-16(2)17(22)3)5-6-26-12-19-8-20(13-26)10-21(9-19)14-26/h7,11,15,19-21H,4-6,8-10,12-14H2,1-3H3,(H,27,28). The Morgan fingerprint density at radius 1 is 1.13 bits per heavy atom. The lowest BCUT2D eigenvalue weighted by Gasteiger charge is -2.57. The molecule has 0 unspecified atom stereocenters. The number of aromatic amines is 1. The van der Waals surface area contributed by atoms with Crippen molar-refractivity contribution in [3.63, 3.8) is 0 Å². The SMILES string of the molecule is CCOC(=O)c1cnc(-c2cc(CCC34CC5CC(CC(C5)C3)C4)cc(C)c2C)[nH]1. The van der Waals surface area contributed by atoms with Gasteiger partial charge in [0.1, 0.15) is 11.5 Å². The lowest BCUT2D eigenvalue weighted by Crippen LogP contribution is -2.46. The molecular formula is C26H34N2O2. The first-order valence-electron chi connectivity index (χ1n) is 11.8. The van der Waals surface area contributed by atoms with E-state index < -0.39 is 0 Å². The molecule has 0 amide bonds. The van der Waals surface area contributed by atoms with E-state index >= 15 is 0 Å². The van der Waals surface area contributed by atoms with Gasteiger partial charge in [0.15, 0.2) is 0 Å². The second kappa shape index (κ2) is 7.55. The molecule has 0 spiro atoms. The largest absolute Gasteiger partial charge is 0.461 e. The number of carbonyl (C=O) groups is 1. The van der Waals surface area contributed by atoms with Crippen LogP contribution in [0.3, 0.4) is 0 Å². The normalized spacial score (nSPS) is 29.4. The lowest BCUT2D eigenvalue weighted by atomic mass is 9.48. The third kappa shape index (κ3) is 3.59. The Labute approximate surface area is 179 Å². The van der Waals surface area contributed by atoms with Crippen LogP contribution in [0.15, 0.2) is 18.3 Å². The predicted molar refractivity (Wildman–Crippen MR) is 118 cm³/mol. The molecule has 4 saturated carbocycles. The number of aromatic nitrogens is 2. The number of nitrogens with zero attached hydrogens (tertiary/aromatic N) is 1. The highest BCUT2D eigenvalue weighted by atomic mass is 16.5. The van der Waals surface area contributed by atoms with Crippen LogP contribution in [0.2, 0.25) is 0 Å². The molecule has 0 saturated heterocycles. The number of imidazole rings is 1. The van der Waals surface area contributed by atoms with Crippen molar-refractivity contribution < 1.29 is 9.53 Å². The minimum absolute atomic E-state index is 0.344. The Hall–Kier alpha value is -2.10. The van der Waals surface area contributed by atoms with E-state index in [2.05, 4.69) is 35.9 Å². The van der Waals surface area contributed by atoms with Gasteiger partial charge in [-0.3, -0.25) is 0 Å². The average molecular weight is 407 g/mol. The van der Waals surface area contributed by atoms with Crippen molar-refractivity contribution in [3.05, 3.63) is 40.7 Å². The highest BCUT2D eigenvalue weighted by Crippen LogP contribution is 2.61. The van der Waals surface area contributed by atoms with Crippen LogP contribution in [0.1, 0.15) is 79.0 Å². The highest BCUT2D eigenvalue weighted by Gasteiger charge is 2.50. The fraction of sp³-hybridized carbons (Fsp3) is 0.615. The molecule has 4 fully saturated rings. The van der Waals surface area contributed by atoms with Crippen molar-refractivity contribution in [2.75, 3.05) is 6.61 Å². The number of rotatable bonds is 6. The van der Waals surface area contributed by atoms with Crippen LogP contribution in [0.5, 0.6) is 0 Å². The van der Waals surface area contributed by atoms with E-state index in [1.165, 1.54) is 61.6 Å². The molecule has 1 aromatic heterocycles. The Kier molecular flexibility index (Phi) is 4.99. The molecule has 1 N–H and O–H groups in total. The van der Waals surface area contributed by atoms with E-state index in [0.29, 0.717) is 17.7 Å². The third-order valence-electron chi connectivity index (χ3n) is 8.16. The minimum atomic E-state index is -0.344. The van der Waals surface area contributed by atoms with Gasteiger partial charge in [-0.15, -0.1) is 0 Å². The van der Waals surface area contributed by atoms with Crippen LogP contribution in [-0.2, 0) is 11.2 Å². The van der Waals surface area contributed by atoms with E-state index in [1.807, 2.05) is 6.92 Å². The number of hydrogen-bond acceptors (Lipinski definition) is 3. The monoisotopic (exact) mass is 406 g/mol. The summed E-state index contributed by atoms with van der Waals surface area (Å²) in [5.74, 6) is 3.45. The number of H-pyrrole nitrogens is 1. The fourth-order valence-corrected chi connectivity index (χ4v) is 7.10. The van der Waals surface area contributed by atoms with Crippen LogP contribution >= 0.6 is 0 Å². The molecule has 0 atom stereocenters. The number of hydrogen-bond donors (Lipinski definition) is 1. The first kappa shape index (κ1) is 19.8. The zero-order valence-corrected chi connectivity index (χ0v) is 18.6. The number of nitrogens with one attached hydrogen (secondary N) is 1. The third-order valence-corrected chi connectivity index (χ3v) is 8.16. The molecule has 2 aromatic rings. The van der Waals surface area contributed by atoms with Crippen LogP contribution in [0.25, 0.3) is 11.4 Å². The summed E-state index contributed by atoms with van der Waals surface area (Å²) in [6.07, 6.45) is 13.0. The lowest BCUT2D eigenvalue weighted by molar-refractivity contribution is -0.0569. The number of carbonyl (C=O) groups excluding carboxylic acids is 1. The minimum Gasteiger partial charge on any atom is -0.461 e. The molecule has 1 aromatic carbocycles. The molecule has 4 aliphatic carbocycles. The molecule has 1 heterocycles. The molecule has 4 nitrogen and oxygen atoms in total. The van der Waals surface area contributed by atoms with Gasteiger partial charge in [-0.1, -0.05) is 6.07 Å². The van der Waals surface area contributed by atoms with Gasteiger partial charge in [0.2, 0.25) is 0 Å². The molecule has 6 rings (SSSR count). The zero-order chi connectivity index (χ0) is 20.9. The van der Waals surface area contributed by atoms with Gasteiger partial charge < -0.3 is 9.72 Å². The first-order valence-corrected chi connectivity index (χ1v) is 11.8. The topological polar surface area (TPSA) is 55.0 Å².